The van der Waals surface area contributed by atoms with E-state index in [9.17, 15) is 14.7 Å². The Kier molecular flexibility index (Phi) is 4.32. The average molecular weight is 192 g/mol. The van der Waals surface area contributed by atoms with E-state index in [1.807, 2.05) is 0 Å². The number of carbonyl (C=O) groups is 2. The van der Waals surface area contributed by atoms with Crippen LogP contribution in [0.15, 0.2) is 0 Å². The second-order valence-electron chi connectivity index (χ2n) is 2.13. The molecule has 0 aromatic heterocycles. The fourth-order valence-corrected chi connectivity index (χ4v) is 0.600. The van der Waals surface area contributed by atoms with Crippen molar-refractivity contribution in [2.24, 2.45) is 5.73 Å². The van der Waals surface area contributed by atoms with Gasteiger partial charge in [-0.25, -0.2) is 4.79 Å². The van der Waals surface area contributed by atoms with E-state index in [-0.39, 0.29) is 6.61 Å². The van der Waals surface area contributed by atoms with Gasteiger partial charge in [-0.3, -0.25) is 10.1 Å². The zero-order valence-corrected chi connectivity index (χ0v) is 7.11. The molecule has 1 amide bonds. The number of carbonyl (C=O) groups excluding carboxylic acids is 1. The second kappa shape index (κ2) is 4.75. The lowest BCUT2D eigenvalue weighted by Gasteiger charge is -2.23. The summed E-state index contributed by atoms with van der Waals surface area (Å²) in [6, 6.07) is 0. The van der Waals surface area contributed by atoms with Gasteiger partial charge in [0.25, 0.3) is 0 Å². The standard InChI is InChI=1S/C6H12N2O5/c1-2-13-6(12,5(10)11)8-4(9)3-7/h12H,2-3,7H2,1H3,(H,8,9)(H,10,11). The summed E-state index contributed by atoms with van der Waals surface area (Å²) < 4.78 is 4.43. The van der Waals surface area contributed by atoms with E-state index in [1.165, 1.54) is 6.92 Å². The van der Waals surface area contributed by atoms with Gasteiger partial charge in [0.05, 0.1) is 6.54 Å². The third-order valence-electron chi connectivity index (χ3n) is 1.14. The molecule has 0 rings (SSSR count). The lowest BCUT2D eigenvalue weighted by Crippen LogP contribution is -2.57. The molecule has 0 aliphatic carbocycles. The Bertz CT molecular complexity index is 207. The first kappa shape index (κ1) is 11.8. The molecule has 5 N–H and O–H groups in total. The zero-order valence-electron chi connectivity index (χ0n) is 7.11. The summed E-state index contributed by atoms with van der Waals surface area (Å²) in [5.41, 5.74) is 4.90. The highest BCUT2D eigenvalue weighted by molar-refractivity contribution is 5.85. The van der Waals surface area contributed by atoms with Gasteiger partial charge in [0.2, 0.25) is 5.91 Å². The van der Waals surface area contributed by atoms with Gasteiger partial charge in [0.15, 0.2) is 0 Å². The van der Waals surface area contributed by atoms with Crippen molar-refractivity contribution in [1.82, 2.24) is 5.32 Å². The van der Waals surface area contributed by atoms with E-state index in [0.717, 1.165) is 0 Å². The van der Waals surface area contributed by atoms with Crippen molar-refractivity contribution in [3.05, 3.63) is 0 Å². The van der Waals surface area contributed by atoms with Gasteiger partial charge >= 0.3 is 11.9 Å². The van der Waals surface area contributed by atoms with Crippen LogP contribution in [0.3, 0.4) is 0 Å². The van der Waals surface area contributed by atoms with E-state index in [0.29, 0.717) is 0 Å². The van der Waals surface area contributed by atoms with Crippen LogP contribution < -0.4 is 11.1 Å². The van der Waals surface area contributed by atoms with Crippen LogP contribution in [0.5, 0.6) is 0 Å². The zero-order chi connectivity index (χ0) is 10.5. The van der Waals surface area contributed by atoms with Crippen molar-refractivity contribution < 1.29 is 24.5 Å². The predicted octanol–water partition coefficient (Wildman–Crippen LogP) is -2.17. The lowest BCUT2D eigenvalue weighted by molar-refractivity contribution is -0.234. The van der Waals surface area contributed by atoms with Gasteiger partial charge in [-0.2, -0.15) is 0 Å². The van der Waals surface area contributed by atoms with Gasteiger partial charge < -0.3 is 20.7 Å². The highest BCUT2D eigenvalue weighted by atomic mass is 16.7. The maximum absolute atomic E-state index is 10.7. The first-order valence-electron chi connectivity index (χ1n) is 3.57. The minimum atomic E-state index is -2.69. The number of ether oxygens (including phenoxy) is 1. The van der Waals surface area contributed by atoms with Crippen molar-refractivity contribution in [3.8, 4) is 0 Å². The molecule has 0 radical (unpaired) electrons. The fourth-order valence-electron chi connectivity index (χ4n) is 0.600. The molecule has 0 aliphatic rings. The van der Waals surface area contributed by atoms with Crippen LogP contribution in [0.4, 0.5) is 0 Å². The van der Waals surface area contributed by atoms with E-state index in [4.69, 9.17) is 10.8 Å². The summed E-state index contributed by atoms with van der Waals surface area (Å²) in [5, 5.41) is 19.4. The van der Waals surface area contributed by atoms with Crippen molar-refractivity contribution in [2.45, 2.75) is 12.8 Å². The Morgan fingerprint density at radius 1 is 1.62 bits per heavy atom. The molecule has 0 saturated heterocycles. The largest absolute Gasteiger partial charge is 0.476 e. The third-order valence-corrected chi connectivity index (χ3v) is 1.14. The minimum Gasteiger partial charge on any atom is -0.476 e. The molecule has 13 heavy (non-hydrogen) atoms. The number of aliphatic hydroxyl groups is 1. The number of hydrogen-bond acceptors (Lipinski definition) is 5. The molecule has 0 saturated carbocycles. The SMILES string of the molecule is CCOC(O)(NC(=O)CN)C(=O)O. The number of hydrogen-bond donors (Lipinski definition) is 4. The number of amides is 1. The summed E-state index contributed by atoms with van der Waals surface area (Å²) in [6.07, 6.45) is 0. The molecule has 7 nitrogen and oxygen atoms in total. The predicted molar refractivity (Wildman–Crippen MR) is 41.4 cm³/mol. The monoisotopic (exact) mass is 192 g/mol. The van der Waals surface area contributed by atoms with E-state index >= 15 is 0 Å². The van der Waals surface area contributed by atoms with Gasteiger partial charge in [-0.15, -0.1) is 0 Å². The van der Waals surface area contributed by atoms with Crippen LogP contribution in [-0.2, 0) is 14.3 Å². The van der Waals surface area contributed by atoms with Crippen LogP contribution in [-0.4, -0.2) is 41.2 Å². The molecule has 0 aromatic carbocycles. The molecule has 7 heteroatoms. The summed E-state index contributed by atoms with van der Waals surface area (Å²) in [7, 11) is 0. The first-order chi connectivity index (χ1) is 5.96. The Labute approximate surface area is 74.5 Å². The van der Waals surface area contributed by atoms with Gasteiger partial charge in [0.1, 0.15) is 0 Å². The van der Waals surface area contributed by atoms with Gasteiger partial charge in [-0.1, -0.05) is 0 Å². The van der Waals surface area contributed by atoms with Crippen LogP contribution in [0, 0.1) is 0 Å². The Morgan fingerprint density at radius 3 is 2.46 bits per heavy atom. The van der Waals surface area contributed by atoms with Crippen molar-refractivity contribution >= 4 is 11.9 Å². The fraction of sp³-hybridized carbons (Fsp3) is 0.667. The summed E-state index contributed by atoms with van der Waals surface area (Å²) in [6.45, 7) is 0.985. The van der Waals surface area contributed by atoms with Crippen LogP contribution in [0.2, 0.25) is 0 Å². The normalized spacial score (nSPS) is 14.7. The molecule has 0 bridgehead atoms. The number of carboxylic acids is 1. The Balaban J connectivity index is 4.41. The lowest BCUT2D eigenvalue weighted by atomic mass is 10.4. The number of nitrogens with one attached hydrogen (secondary N) is 1. The molecular weight excluding hydrogens is 180 g/mol. The molecule has 76 valence electrons. The molecule has 0 heterocycles. The van der Waals surface area contributed by atoms with Gasteiger partial charge in [0, 0.05) is 6.61 Å². The number of nitrogens with two attached hydrogens (primary N) is 1. The topological polar surface area (TPSA) is 122 Å². The van der Waals surface area contributed by atoms with Crippen LogP contribution in [0.1, 0.15) is 6.92 Å². The summed E-state index contributed by atoms with van der Waals surface area (Å²) >= 11 is 0. The molecule has 0 aliphatic heterocycles. The van der Waals surface area contributed by atoms with Gasteiger partial charge in [-0.05, 0) is 6.92 Å². The maximum atomic E-state index is 10.7. The molecule has 1 unspecified atom stereocenters. The first-order valence-corrected chi connectivity index (χ1v) is 3.57. The molecule has 1 atom stereocenters. The second-order valence-corrected chi connectivity index (χ2v) is 2.13. The smallest absolute Gasteiger partial charge is 0.387 e. The van der Waals surface area contributed by atoms with Crippen molar-refractivity contribution in [1.29, 1.82) is 0 Å². The van der Waals surface area contributed by atoms with E-state index < -0.39 is 24.3 Å². The van der Waals surface area contributed by atoms with Crippen molar-refractivity contribution in [3.63, 3.8) is 0 Å². The van der Waals surface area contributed by atoms with Crippen molar-refractivity contribution in [2.75, 3.05) is 13.2 Å². The van der Waals surface area contributed by atoms with E-state index in [1.54, 1.807) is 5.32 Å². The molecule has 0 fully saturated rings. The molecular formula is C6H12N2O5. The minimum absolute atomic E-state index is 0.0619. The Hall–Kier alpha value is -1.18. The third kappa shape index (κ3) is 3.36. The highest BCUT2D eigenvalue weighted by Crippen LogP contribution is 2.01. The maximum Gasteiger partial charge on any atom is 0.387 e. The highest BCUT2D eigenvalue weighted by Gasteiger charge is 2.38. The molecule has 0 spiro atoms. The Morgan fingerprint density at radius 2 is 2.15 bits per heavy atom. The number of rotatable bonds is 5. The molecule has 0 aromatic rings. The summed E-state index contributed by atoms with van der Waals surface area (Å²) in [5.74, 6) is -5.21. The number of aliphatic carboxylic acids is 1. The average Bonchev–Trinajstić information content (AvgIpc) is 2.04. The number of carboxylic acid groups (broad SMARTS) is 1. The van der Waals surface area contributed by atoms with Crippen LogP contribution >= 0.6 is 0 Å². The quantitative estimate of drug-likeness (QED) is 0.368. The summed E-state index contributed by atoms with van der Waals surface area (Å²) in [4.78, 5) is 21.1. The van der Waals surface area contributed by atoms with E-state index in [2.05, 4.69) is 4.74 Å². The van der Waals surface area contributed by atoms with Crippen LogP contribution in [0.25, 0.3) is 0 Å².